The van der Waals surface area contributed by atoms with Crippen LogP contribution in [0.2, 0.25) is 0 Å². The molecule has 31 heavy (non-hydrogen) atoms. The molecule has 0 aliphatic carbocycles. The Morgan fingerprint density at radius 2 is 1.55 bits per heavy atom. The predicted molar refractivity (Wildman–Crippen MR) is 124 cm³/mol. The van der Waals surface area contributed by atoms with Gasteiger partial charge < -0.3 is 10.4 Å². The van der Waals surface area contributed by atoms with Gasteiger partial charge in [-0.15, -0.1) is 11.8 Å². The summed E-state index contributed by atoms with van der Waals surface area (Å²) in [5, 5.41) is 14.3. The van der Waals surface area contributed by atoms with Gasteiger partial charge in [0.2, 0.25) is 0 Å². The molecular weight excluding hydrogens is 408 g/mol. The Hall–Kier alpha value is -3.64. The molecule has 0 bridgehead atoms. The number of allylic oxidation sites excluding steroid dienone is 3. The minimum absolute atomic E-state index is 0.248. The Kier molecular flexibility index (Phi) is 6.29. The number of carboxylic acid groups (broad SMARTS) is 1. The number of carboxylic acids is 1. The number of rotatable bonds is 4. The number of carbonyl (C=O) groups excluding carboxylic acids is 1. The van der Waals surface area contributed by atoms with E-state index in [1.165, 1.54) is 11.8 Å². The molecule has 2 aliphatic heterocycles. The minimum Gasteiger partial charge on any atom is -0.481 e. The molecule has 5 nitrogen and oxygen atoms in total. The van der Waals surface area contributed by atoms with E-state index in [-0.39, 0.29) is 12.1 Å². The third-order valence-electron chi connectivity index (χ3n) is 4.74. The second-order valence-corrected chi connectivity index (χ2v) is 7.78. The van der Waals surface area contributed by atoms with Crippen LogP contribution in [0.5, 0.6) is 0 Å². The average Bonchev–Trinajstić information content (AvgIpc) is 3.30. The number of amides is 1. The second-order valence-electron chi connectivity index (χ2n) is 6.87. The van der Waals surface area contributed by atoms with Crippen molar-refractivity contribution in [2.45, 2.75) is 6.42 Å². The number of hydrogen-bond acceptors (Lipinski definition) is 4. The lowest BCUT2D eigenvalue weighted by Gasteiger charge is -2.04. The molecule has 2 aromatic carbocycles. The van der Waals surface area contributed by atoms with Gasteiger partial charge in [-0.05, 0) is 45.4 Å². The van der Waals surface area contributed by atoms with E-state index in [1.54, 1.807) is 30.3 Å². The molecule has 2 aromatic rings. The zero-order valence-corrected chi connectivity index (χ0v) is 17.3. The van der Waals surface area contributed by atoms with Gasteiger partial charge in [0.25, 0.3) is 5.91 Å². The third kappa shape index (κ3) is 5.10. The number of aliphatic carboxylic acids is 1. The Morgan fingerprint density at radius 1 is 0.903 bits per heavy atom. The van der Waals surface area contributed by atoms with Crippen molar-refractivity contribution in [2.75, 3.05) is 0 Å². The van der Waals surface area contributed by atoms with E-state index in [0.29, 0.717) is 10.5 Å². The lowest BCUT2D eigenvalue weighted by Crippen LogP contribution is -2.12. The maximum absolute atomic E-state index is 12.7. The quantitative estimate of drug-likeness (QED) is 0.734. The first-order valence-electron chi connectivity index (χ1n) is 9.65. The van der Waals surface area contributed by atoms with Crippen LogP contribution in [0, 0.1) is 5.75 Å². The van der Waals surface area contributed by atoms with E-state index >= 15 is 0 Å². The smallest absolute Gasteiger partial charge is 0.309 e. The van der Waals surface area contributed by atoms with Crippen molar-refractivity contribution in [2.24, 2.45) is 4.99 Å². The molecule has 0 aromatic heterocycles. The summed E-state index contributed by atoms with van der Waals surface area (Å²) in [4.78, 5) is 28.5. The van der Waals surface area contributed by atoms with Crippen molar-refractivity contribution in [1.82, 2.24) is 5.32 Å². The van der Waals surface area contributed by atoms with E-state index in [1.807, 2.05) is 60.6 Å². The first kappa shape index (κ1) is 20.6. The molecule has 0 unspecified atom stereocenters. The van der Waals surface area contributed by atoms with Crippen LogP contribution in [-0.4, -0.2) is 22.7 Å². The van der Waals surface area contributed by atoms with Crippen molar-refractivity contribution >= 4 is 40.5 Å². The highest BCUT2D eigenvalue weighted by molar-refractivity contribution is 8.06. The van der Waals surface area contributed by atoms with Crippen molar-refractivity contribution in [1.29, 1.82) is 0 Å². The molecule has 6 heteroatoms. The number of nitrogens with one attached hydrogen (secondary N) is 1. The van der Waals surface area contributed by atoms with Crippen molar-refractivity contribution < 1.29 is 14.7 Å². The summed E-state index contributed by atoms with van der Waals surface area (Å²) in [6.45, 7) is 0. The summed E-state index contributed by atoms with van der Waals surface area (Å²) >= 11 is 1.30. The van der Waals surface area contributed by atoms with Gasteiger partial charge in [-0.2, -0.15) is 0 Å². The first-order valence-corrected chi connectivity index (χ1v) is 10.5. The van der Waals surface area contributed by atoms with Crippen LogP contribution in [0.25, 0.3) is 11.1 Å². The normalized spacial score (nSPS) is 15.6. The van der Waals surface area contributed by atoms with Gasteiger partial charge in [0, 0.05) is 12.4 Å². The molecule has 2 N–H and O–H groups in total. The fourth-order valence-electron chi connectivity index (χ4n) is 3.19. The van der Waals surface area contributed by atoms with Gasteiger partial charge in [-0.1, -0.05) is 54.6 Å². The monoisotopic (exact) mass is 427 g/mol. The van der Waals surface area contributed by atoms with Crippen molar-refractivity contribution in [3.63, 3.8) is 0 Å². The summed E-state index contributed by atoms with van der Waals surface area (Å²) in [6.07, 6.45) is 9.27. The van der Waals surface area contributed by atoms with E-state index in [0.717, 1.165) is 21.6 Å². The highest BCUT2D eigenvalue weighted by Gasteiger charge is 2.19. The fourth-order valence-corrected chi connectivity index (χ4v) is 3.99. The Morgan fingerprint density at radius 3 is 2.19 bits per heavy atom. The molecule has 2 aliphatic rings. The lowest BCUT2D eigenvalue weighted by atomic mass is 10.1. The SMILES string of the molecule is O=C(O)CC(=NC(=O)C1=CC(=c2ccc(=C3C=CNC=C3)cc2)[CH]S1)c1ccccc1. The number of hydrogen-bond donors (Lipinski definition) is 2. The number of aliphatic imine (C=N–C) groups is 1. The van der Waals surface area contributed by atoms with E-state index in [9.17, 15) is 14.7 Å². The topological polar surface area (TPSA) is 78.8 Å². The molecule has 1 radical (unpaired) electrons. The van der Waals surface area contributed by atoms with Crippen LogP contribution in [0.15, 0.2) is 95.1 Å². The predicted octanol–water partition coefficient (Wildman–Crippen LogP) is 2.90. The standard InChI is InChI=1S/C25H19N2O3S/c28-24(29)15-22(20-4-2-1-3-5-20)27-25(30)23-14-21(16-31-23)18-8-6-17(7-9-18)19-10-12-26-13-11-19/h1-14,16,26H,15H2,(H,28,29). The van der Waals surface area contributed by atoms with Crippen LogP contribution in [0.4, 0.5) is 0 Å². The van der Waals surface area contributed by atoms with Crippen LogP contribution in [0.1, 0.15) is 12.0 Å². The molecule has 1 amide bonds. The van der Waals surface area contributed by atoms with Gasteiger partial charge in [-0.3, -0.25) is 9.59 Å². The highest BCUT2D eigenvalue weighted by Crippen LogP contribution is 2.34. The van der Waals surface area contributed by atoms with Crippen LogP contribution in [0.3, 0.4) is 0 Å². The minimum atomic E-state index is -1.03. The number of thioether (sulfide) groups is 1. The van der Waals surface area contributed by atoms with Gasteiger partial charge in [0.05, 0.1) is 22.8 Å². The highest BCUT2D eigenvalue weighted by atomic mass is 32.2. The van der Waals surface area contributed by atoms with Gasteiger partial charge in [0.15, 0.2) is 0 Å². The molecule has 4 rings (SSSR count). The first-order chi connectivity index (χ1) is 15.1. The summed E-state index contributed by atoms with van der Waals surface area (Å²) in [5.74, 6) is 0.446. The third-order valence-corrected chi connectivity index (χ3v) is 5.66. The Bertz CT molecular complexity index is 1230. The van der Waals surface area contributed by atoms with Crippen LogP contribution in [-0.2, 0) is 9.59 Å². The molecule has 0 saturated heterocycles. The molecule has 0 saturated carbocycles. The Balaban J connectivity index is 1.62. The number of dihydropyridines is 1. The molecule has 153 valence electrons. The van der Waals surface area contributed by atoms with Crippen LogP contribution >= 0.6 is 11.8 Å². The maximum atomic E-state index is 12.7. The molecule has 0 atom stereocenters. The second kappa shape index (κ2) is 9.45. The number of carbonyl (C=O) groups is 2. The van der Waals surface area contributed by atoms with Crippen molar-refractivity contribution in [3.05, 3.63) is 112 Å². The van der Waals surface area contributed by atoms with E-state index < -0.39 is 11.9 Å². The summed E-state index contributed by atoms with van der Waals surface area (Å²) in [7, 11) is 0. The van der Waals surface area contributed by atoms with Gasteiger partial charge in [0.1, 0.15) is 0 Å². The summed E-state index contributed by atoms with van der Waals surface area (Å²) < 4.78 is 0. The zero-order valence-electron chi connectivity index (χ0n) is 16.5. The molecule has 2 heterocycles. The van der Waals surface area contributed by atoms with Gasteiger partial charge >= 0.3 is 5.97 Å². The summed E-state index contributed by atoms with van der Waals surface area (Å²) in [6, 6.07) is 17.0. The maximum Gasteiger partial charge on any atom is 0.309 e. The fraction of sp³-hybridized carbons (Fsp3) is 0.0400. The van der Waals surface area contributed by atoms with E-state index in [4.69, 9.17) is 0 Å². The lowest BCUT2D eigenvalue weighted by molar-refractivity contribution is -0.135. The van der Waals surface area contributed by atoms with Gasteiger partial charge in [-0.25, -0.2) is 4.99 Å². The molecule has 0 spiro atoms. The number of nitrogens with zero attached hydrogens (tertiary/aromatic N) is 1. The van der Waals surface area contributed by atoms with Crippen molar-refractivity contribution in [3.8, 4) is 0 Å². The largest absolute Gasteiger partial charge is 0.481 e. The average molecular weight is 428 g/mol. The molecule has 0 fully saturated rings. The number of benzene rings is 2. The van der Waals surface area contributed by atoms with E-state index in [2.05, 4.69) is 10.3 Å². The van der Waals surface area contributed by atoms with Crippen LogP contribution < -0.4 is 15.8 Å². The molecular formula is C25H19N2O3S. The Labute approximate surface area is 183 Å². The summed E-state index contributed by atoms with van der Waals surface area (Å²) in [5.41, 5.74) is 2.92. The zero-order chi connectivity index (χ0) is 21.6.